The fourth-order valence-electron chi connectivity index (χ4n) is 4.20. The van der Waals surface area contributed by atoms with Gasteiger partial charge in [-0.2, -0.15) is 0 Å². The van der Waals surface area contributed by atoms with Crippen LogP contribution >= 0.6 is 11.6 Å². The molecule has 5 rings (SSSR count). The normalized spacial score (nSPS) is 16.8. The zero-order valence-corrected chi connectivity index (χ0v) is 18.3. The van der Waals surface area contributed by atoms with Crippen LogP contribution in [0.1, 0.15) is 36.2 Å². The van der Waals surface area contributed by atoms with Crippen molar-refractivity contribution >= 4 is 28.8 Å². The number of pyridine rings is 1. The van der Waals surface area contributed by atoms with Gasteiger partial charge in [0.15, 0.2) is 17.3 Å². The van der Waals surface area contributed by atoms with Crippen LogP contribution in [0.15, 0.2) is 41.4 Å². The van der Waals surface area contributed by atoms with Gasteiger partial charge in [-0.15, -0.1) is 0 Å². The number of oxazole rings is 1. The summed E-state index contributed by atoms with van der Waals surface area (Å²) in [5.74, 6) is 0.202. The number of fused-ring (bicyclic) bond motifs is 1. The Morgan fingerprint density at radius 3 is 2.91 bits per heavy atom. The number of anilines is 1. The molecule has 1 atom stereocenters. The van der Waals surface area contributed by atoms with Crippen molar-refractivity contribution < 1.29 is 9.21 Å². The molecule has 0 spiro atoms. The molecular weight excluding hydrogens is 430 g/mol. The van der Waals surface area contributed by atoms with E-state index in [1.807, 2.05) is 12.1 Å². The molecule has 0 radical (unpaired) electrons. The van der Waals surface area contributed by atoms with Crippen LogP contribution in [-0.4, -0.2) is 54.7 Å². The average molecular weight is 452 g/mol. The smallest absolute Gasteiger partial charge is 0.247 e. The van der Waals surface area contributed by atoms with E-state index < -0.39 is 0 Å². The van der Waals surface area contributed by atoms with Gasteiger partial charge in [-0.3, -0.25) is 9.20 Å². The average Bonchev–Trinajstić information content (AvgIpc) is 3.54. The van der Waals surface area contributed by atoms with Gasteiger partial charge in [-0.1, -0.05) is 11.6 Å². The number of hydrogen-bond donors (Lipinski definition) is 1. The third-order valence-corrected chi connectivity index (χ3v) is 6.21. The number of nitrogen functional groups attached to an aromatic ring is 1. The minimum atomic E-state index is -0.128. The predicted molar refractivity (Wildman–Crippen MR) is 120 cm³/mol. The molecule has 0 bridgehead atoms. The van der Waals surface area contributed by atoms with Crippen molar-refractivity contribution in [2.45, 2.75) is 31.7 Å². The number of carbonyl (C=O) groups is 1. The van der Waals surface area contributed by atoms with E-state index in [1.54, 1.807) is 16.8 Å². The first kappa shape index (κ1) is 20.6. The van der Waals surface area contributed by atoms with E-state index in [9.17, 15) is 4.79 Å². The number of ketones is 1. The molecule has 1 aliphatic heterocycles. The van der Waals surface area contributed by atoms with Gasteiger partial charge < -0.3 is 15.1 Å². The summed E-state index contributed by atoms with van der Waals surface area (Å²) in [6, 6.07) is 4.06. The first-order valence-electron chi connectivity index (χ1n) is 10.4. The summed E-state index contributed by atoms with van der Waals surface area (Å²) >= 11 is 6.25. The van der Waals surface area contributed by atoms with Crippen LogP contribution in [0.2, 0.25) is 5.15 Å². The predicted octanol–water partition coefficient (Wildman–Crippen LogP) is 3.74. The number of hydrogen-bond acceptors (Lipinski definition) is 8. The monoisotopic (exact) mass is 451 g/mol. The first-order valence-corrected chi connectivity index (χ1v) is 10.8. The second kappa shape index (κ2) is 8.33. The van der Waals surface area contributed by atoms with E-state index in [0.717, 1.165) is 25.8 Å². The minimum Gasteiger partial charge on any atom is -0.443 e. The fourth-order valence-corrected chi connectivity index (χ4v) is 4.38. The lowest BCUT2D eigenvalue weighted by Gasteiger charge is -2.18. The molecule has 9 nitrogen and oxygen atoms in total. The van der Waals surface area contributed by atoms with Crippen molar-refractivity contribution in [3.63, 3.8) is 0 Å². The number of halogens is 1. The number of aromatic nitrogens is 5. The van der Waals surface area contributed by atoms with Crippen LogP contribution in [0.3, 0.4) is 0 Å². The number of imidazole rings is 1. The molecule has 0 amide bonds. The molecule has 0 aliphatic carbocycles. The number of likely N-dealkylation sites (tertiary alicyclic amines) is 1. The molecule has 0 aromatic carbocycles. The Hall–Kier alpha value is -3.30. The molecule has 10 heteroatoms. The maximum atomic E-state index is 13.1. The maximum absolute atomic E-state index is 13.1. The summed E-state index contributed by atoms with van der Waals surface area (Å²) < 4.78 is 7.18. The Bertz CT molecular complexity index is 1290. The van der Waals surface area contributed by atoms with Gasteiger partial charge in [0.1, 0.15) is 28.5 Å². The molecule has 1 fully saturated rings. The second-order valence-electron chi connectivity index (χ2n) is 7.96. The van der Waals surface area contributed by atoms with Crippen molar-refractivity contribution in [1.29, 1.82) is 0 Å². The van der Waals surface area contributed by atoms with Crippen LogP contribution in [0.5, 0.6) is 0 Å². The number of nitrogens with two attached hydrogens (primary N) is 1. The van der Waals surface area contributed by atoms with Gasteiger partial charge in [0, 0.05) is 24.2 Å². The lowest BCUT2D eigenvalue weighted by Crippen LogP contribution is -2.25. The Kier molecular flexibility index (Phi) is 5.36. The summed E-state index contributed by atoms with van der Waals surface area (Å²) in [5, 5.41) is 0.458. The molecule has 0 saturated carbocycles. The highest BCUT2D eigenvalue weighted by molar-refractivity contribution is 6.29. The molecule has 1 aliphatic rings. The van der Waals surface area contributed by atoms with Crippen LogP contribution < -0.4 is 5.73 Å². The first-order chi connectivity index (χ1) is 15.5. The van der Waals surface area contributed by atoms with Crippen LogP contribution in [-0.2, 0) is 0 Å². The highest BCUT2D eigenvalue weighted by Crippen LogP contribution is 2.31. The van der Waals surface area contributed by atoms with E-state index in [2.05, 4.69) is 31.9 Å². The largest absolute Gasteiger partial charge is 0.443 e. The summed E-state index contributed by atoms with van der Waals surface area (Å²) in [4.78, 5) is 32.9. The van der Waals surface area contributed by atoms with Crippen molar-refractivity contribution in [3.05, 3.63) is 47.8 Å². The highest BCUT2D eigenvalue weighted by atomic mass is 35.5. The summed E-state index contributed by atoms with van der Waals surface area (Å²) in [5.41, 5.74) is 8.50. The van der Waals surface area contributed by atoms with E-state index in [-0.39, 0.29) is 23.2 Å². The van der Waals surface area contributed by atoms with Crippen molar-refractivity contribution in [2.24, 2.45) is 0 Å². The summed E-state index contributed by atoms with van der Waals surface area (Å²) in [6.45, 7) is 1.06. The number of nitrogens with zero attached hydrogens (tertiary/aromatic N) is 6. The zero-order valence-electron chi connectivity index (χ0n) is 17.5. The third kappa shape index (κ3) is 3.74. The van der Waals surface area contributed by atoms with Gasteiger partial charge in [0.05, 0.1) is 12.4 Å². The van der Waals surface area contributed by atoms with E-state index >= 15 is 0 Å². The molecular formula is C22H22ClN7O2. The highest BCUT2D eigenvalue weighted by Gasteiger charge is 2.25. The Balaban J connectivity index is 1.55. The molecule has 2 N–H and O–H groups in total. The number of Topliss-reactive ketones (excluding diaryl/α,β-unsaturated/α-hetero) is 1. The third-order valence-electron chi connectivity index (χ3n) is 5.93. The molecule has 32 heavy (non-hydrogen) atoms. The molecule has 1 saturated heterocycles. The summed E-state index contributed by atoms with van der Waals surface area (Å²) in [6.07, 6.45) is 9.71. The van der Waals surface area contributed by atoms with Crippen molar-refractivity contribution in [1.82, 2.24) is 29.2 Å². The maximum Gasteiger partial charge on any atom is 0.247 e. The van der Waals surface area contributed by atoms with Gasteiger partial charge in [-0.25, -0.2) is 19.9 Å². The van der Waals surface area contributed by atoms with Crippen LogP contribution in [0.4, 0.5) is 5.82 Å². The van der Waals surface area contributed by atoms with Gasteiger partial charge in [0.2, 0.25) is 5.89 Å². The second-order valence-corrected chi connectivity index (χ2v) is 8.34. The van der Waals surface area contributed by atoms with Gasteiger partial charge in [-0.05, 0) is 45.0 Å². The van der Waals surface area contributed by atoms with E-state index in [0.29, 0.717) is 40.2 Å². The lowest BCUT2D eigenvalue weighted by atomic mass is 10.0. The fraction of sp³-hybridized carbons (Fsp3) is 0.318. The Morgan fingerprint density at radius 1 is 1.28 bits per heavy atom. The zero-order chi connectivity index (χ0) is 22.2. The quantitative estimate of drug-likeness (QED) is 0.441. The minimum absolute atomic E-state index is 0.0634. The van der Waals surface area contributed by atoms with E-state index in [4.69, 9.17) is 21.8 Å². The number of rotatable bonds is 6. The topological polar surface area (TPSA) is 115 Å². The molecule has 0 unspecified atom stereocenters. The van der Waals surface area contributed by atoms with Gasteiger partial charge in [0.25, 0.3) is 0 Å². The molecule has 4 aromatic rings. The number of carbonyl (C=O) groups excluding carboxylic acids is 1. The van der Waals surface area contributed by atoms with Gasteiger partial charge >= 0.3 is 0 Å². The standard InChI is InChI=1S/C22H22ClN7O2/c1-29-9-2-3-14(29)5-6-15(31)19-21(24)28-20(22-25-8-10-32-22)18(27-19)13-4-7-17-26-11-16(23)30(17)12-13/h4,7-8,10-12,14H,2-3,5-6,9H2,1H3,(H2,24,28)/t14-/m1/s1. The Labute approximate surface area is 189 Å². The van der Waals surface area contributed by atoms with Crippen LogP contribution in [0, 0.1) is 0 Å². The van der Waals surface area contributed by atoms with E-state index in [1.165, 1.54) is 12.5 Å². The Morgan fingerprint density at radius 2 is 2.16 bits per heavy atom. The summed E-state index contributed by atoms with van der Waals surface area (Å²) in [7, 11) is 2.09. The molecule has 5 heterocycles. The van der Waals surface area contributed by atoms with Crippen molar-refractivity contribution in [2.75, 3.05) is 19.3 Å². The lowest BCUT2D eigenvalue weighted by molar-refractivity contribution is 0.0966. The van der Waals surface area contributed by atoms with Crippen molar-refractivity contribution in [3.8, 4) is 22.8 Å². The molecule has 164 valence electrons. The SMILES string of the molecule is CN1CCC[C@@H]1CCC(=O)c1nc(-c2ccc3ncc(Cl)n3c2)c(-c2ncco2)nc1N. The van der Waals surface area contributed by atoms with Crippen LogP contribution in [0.25, 0.3) is 28.5 Å². The molecule has 4 aromatic heterocycles.